The molecule has 4 N–H and O–H groups in total. The van der Waals surface area contributed by atoms with Crippen LogP contribution in [0, 0.1) is 0 Å². The number of aromatic hydroxyl groups is 4. The number of phenolic OH excluding ortho intramolecular Hbond substituents is 4. The number of halogens is 1. The van der Waals surface area contributed by atoms with Gasteiger partial charge in [0.2, 0.25) is 0 Å². The molecule has 8 aromatic carbocycles. The van der Waals surface area contributed by atoms with Crippen molar-refractivity contribution in [2.45, 2.75) is 293 Å². The Morgan fingerprint density at radius 3 is 0.798 bits per heavy atom. The molecule has 664 valence electrons. The summed E-state index contributed by atoms with van der Waals surface area (Å²) in [5.41, 5.74) is 16.2. The molecule has 16 nitrogen and oxygen atoms in total. The average Bonchev–Trinajstić information content (AvgIpc) is 1.56. The summed E-state index contributed by atoms with van der Waals surface area (Å²) in [5, 5.41) is 49.2. The van der Waals surface area contributed by atoms with E-state index in [1.54, 1.807) is 20.8 Å². The number of ether oxygens (including phenoxy) is 7. The average molecular weight is 1770 g/mol. The quantitative estimate of drug-likeness (QED) is 0.0305. The minimum atomic E-state index is -1.16. The zero-order valence-electron chi connectivity index (χ0n) is 80.7. The second kappa shape index (κ2) is 37.0. The van der Waals surface area contributed by atoms with Crippen LogP contribution < -0.4 is 48.5 Å². The van der Waals surface area contributed by atoms with Crippen LogP contribution in [0.3, 0.4) is 0 Å². The molecule has 0 radical (unpaired) electrons. The van der Waals surface area contributed by atoms with Gasteiger partial charge in [0.15, 0.2) is 24.8 Å². The van der Waals surface area contributed by atoms with Gasteiger partial charge in [-0.15, -0.1) is 0 Å². The first-order valence-electron chi connectivity index (χ1n) is 43.5. The van der Waals surface area contributed by atoms with Crippen molar-refractivity contribution in [1.82, 2.24) is 0 Å². The summed E-state index contributed by atoms with van der Waals surface area (Å²) in [6.07, 6.45) is 2.10. The fourth-order valence-corrected chi connectivity index (χ4v) is 17.3. The Bertz CT molecular complexity index is 5320. The monoisotopic (exact) mass is 1770 g/mol. The van der Waals surface area contributed by atoms with Crippen LogP contribution in [0.15, 0.2) is 97.1 Å². The Balaban J connectivity index is 0.000000296. The molecule has 12 rings (SSSR count). The fraction of sp³-hybridized carbons (Fsp3) is 0.500. The topological polar surface area (TPSA) is 231 Å². The minimum Gasteiger partial charge on any atom is -1.00 e. The van der Waals surface area contributed by atoms with Crippen LogP contribution >= 0.6 is 15.9 Å². The van der Waals surface area contributed by atoms with Gasteiger partial charge in [0.1, 0.15) is 64.5 Å². The number of fused-ring (bicyclic) bond motifs is 22. The maximum atomic E-state index is 13.5. The zero-order valence-corrected chi connectivity index (χ0v) is 83.3. The number of hydrogen-bond donors (Lipinski definition) is 4. The van der Waals surface area contributed by atoms with E-state index in [1.165, 1.54) is 13.8 Å². The van der Waals surface area contributed by atoms with E-state index in [2.05, 4.69) is 284 Å². The number of carbonyl (C=O) groups is 5. The van der Waals surface area contributed by atoms with E-state index in [9.17, 15) is 44.4 Å². The predicted octanol–water partition coefficient (Wildman–Crippen LogP) is 19.2. The van der Waals surface area contributed by atoms with Crippen LogP contribution in [0.1, 0.15) is 336 Å². The van der Waals surface area contributed by atoms with Gasteiger partial charge < -0.3 is 55.0 Å². The molecule has 0 saturated carbocycles. The molecular weight excluding hydrogens is 1630 g/mol. The summed E-state index contributed by atoms with van der Waals surface area (Å²) >= 11 is 2.94. The van der Waals surface area contributed by atoms with Crippen LogP contribution in [-0.4, -0.2) is 101 Å². The van der Waals surface area contributed by atoms with E-state index >= 15 is 0 Å². The summed E-state index contributed by atoms with van der Waals surface area (Å²) in [6, 6.07) is 34.1. The van der Waals surface area contributed by atoms with Crippen LogP contribution in [0.2, 0.25) is 0 Å². The molecule has 0 heterocycles. The van der Waals surface area contributed by atoms with Gasteiger partial charge in [0, 0.05) is 59.1 Å². The van der Waals surface area contributed by atoms with Crippen molar-refractivity contribution in [2.75, 3.05) is 51.6 Å². The molecular formula is C106H136BrNaO16. The number of carbonyl (C=O) groups excluding carboxylic acids is 5. The van der Waals surface area contributed by atoms with Gasteiger partial charge in [-0.1, -0.05) is 279 Å². The van der Waals surface area contributed by atoms with E-state index in [0.29, 0.717) is 101 Å². The molecule has 124 heavy (non-hydrogen) atoms. The van der Waals surface area contributed by atoms with Crippen LogP contribution in [0.25, 0.3) is 0 Å². The Morgan fingerprint density at radius 1 is 0.298 bits per heavy atom. The zero-order chi connectivity index (χ0) is 91.5. The van der Waals surface area contributed by atoms with Crippen molar-refractivity contribution in [1.29, 1.82) is 0 Å². The molecule has 4 aliphatic carbocycles. The van der Waals surface area contributed by atoms with Crippen LogP contribution in [0.5, 0.6) is 46.0 Å². The largest absolute Gasteiger partial charge is 1.00 e. The van der Waals surface area contributed by atoms with E-state index in [0.717, 1.165) is 106 Å². The summed E-state index contributed by atoms with van der Waals surface area (Å²) in [4.78, 5) is 62.8. The van der Waals surface area contributed by atoms with Crippen molar-refractivity contribution in [3.63, 3.8) is 0 Å². The van der Waals surface area contributed by atoms with Gasteiger partial charge in [-0.05, 0) is 191 Å². The second-order valence-electron chi connectivity index (χ2n) is 42.4. The van der Waals surface area contributed by atoms with Crippen molar-refractivity contribution in [3.05, 3.63) is 231 Å². The fourth-order valence-electron chi connectivity index (χ4n) is 17.1. The van der Waals surface area contributed by atoms with Crippen LogP contribution in [0.4, 0.5) is 0 Å². The summed E-state index contributed by atoms with van der Waals surface area (Å²) in [6.45, 7) is 60.2. The molecule has 8 aromatic rings. The van der Waals surface area contributed by atoms with Crippen molar-refractivity contribution < 1.29 is 109 Å². The molecule has 1 atom stereocenters. The van der Waals surface area contributed by atoms with Crippen molar-refractivity contribution in [2.24, 2.45) is 0 Å². The molecule has 4 aliphatic rings. The molecule has 0 fully saturated rings. The number of phenols is 4. The Kier molecular flexibility index (Phi) is 29.6. The maximum Gasteiger partial charge on any atom is 1.00 e. The second-order valence-corrected chi connectivity index (χ2v) is 42.9. The number of esters is 3. The van der Waals surface area contributed by atoms with Crippen molar-refractivity contribution in [3.8, 4) is 46.0 Å². The molecule has 0 saturated heterocycles. The van der Waals surface area contributed by atoms with Crippen LogP contribution in [-0.2, 0) is 131 Å². The number of rotatable bonds is 16. The Hall–Kier alpha value is -8.61. The first kappa shape index (κ1) is 99.2. The van der Waals surface area contributed by atoms with E-state index < -0.39 is 33.6 Å². The van der Waals surface area contributed by atoms with Gasteiger partial charge in [-0.25, -0.2) is 9.59 Å². The third-order valence-corrected chi connectivity index (χ3v) is 24.7. The number of alkyl halides is 1. The smallest absolute Gasteiger partial charge is 1.00 e. The van der Waals surface area contributed by atoms with Gasteiger partial charge in [-0.2, -0.15) is 0 Å². The normalized spacial score (nSPS) is 15.1. The number of benzene rings is 8. The van der Waals surface area contributed by atoms with Gasteiger partial charge in [0.25, 0.3) is 0 Å². The Labute approximate surface area is 770 Å². The maximum absolute atomic E-state index is 13.5. The third-order valence-electron chi connectivity index (χ3n) is 24.2. The number of ketones is 2. The third kappa shape index (κ3) is 21.1. The molecule has 2 spiro atoms. The molecule has 1 unspecified atom stereocenters. The molecule has 18 heteroatoms. The molecule has 0 amide bonds. The van der Waals surface area contributed by atoms with E-state index in [-0.39, 0.29) is 144 Å². The van der Waals surface area contributed by atoms with Crippen molar-refractivity contribution >= 4 is 45.4 Å². The first-order chi connectivity index (χ1) is 56.8. The predicted molar refractivity (Wildman–Crippen MR) is 494 cm³/mol. The van der Waals surface area contributed by atoms with Gasteiger partial charge in [0.05, 0.1) is 30.7 Å². The molecule has 16 bridgehead atoms. The summed E-state index contributed by atoms with van der Waals surface area (Å²) < 4.78 is 42.6. The number of Topliss-reactive ketones (excluding diaryl/α,β-unsaturated/α-hetero) is 2. The minimum absolute atomic E-state index is 0. The Morgan fingerprint density at radius 2 is 0.508 bits per heavy atom. The first-order valence-corrected chi connectivity index (χ1v) is 44.6. The van der Waals surface area contributed by atoms with E-state index in [4.69, 9.17) is 28.4 Å². The summed E-state index contributed by atoms with van der Waals surface area (Å²) in [7, 11) is 0. The summed E-state index contributed by atoms with van der Waals surface area (Å²) in [5.74, 6) is 1.31. The SMILES string of the molecule is CC(C)(C)c1cc2c(O)c(c1)Cc1cc(C(C)(C)C)cc(c1O)C1(Cc3cc(C(C)(C)C)cc1c3O)c1cc(C(C)(C)C)cc(c1O)C2.CCOC(=O)CBr.CCOC(=O)COc1c2cc(C(C)(C)C)cc1C1(Cc3cc(C(C)(C)C)cc1c3OCC(=O)OCC)c1cc(C(C)(C)C)cc(c1OCC(C)=O)Cc1cc(C(C)(C)C)cc(c1OCC(C)=O)C2.[H-].[Na+]. The number of hydrogen-bond acceptors (Lipinski definition) is 16. The van der Waals surface area contributed by atoms with Gasteiger partial charge >= 0.3 is 47.5 Å². The molecule has 0 aliphatic heterocycles. The van der Waals surface area contributed by atoms with E-state index in [1.807, 2.05) is 0 Å². The van der Waals surface area contributed by atoms with Gasteiger partial charge in [-0.3, -0.25) is 14.4 Å². The standard InChI is InChI=1S/C58H74O10.C44H54O4.C4H7BrO2.Na.H/c1-17-63-48(61)32-67-52-39-20-37-22-41(54(5,6)7)21-36(50(37)65-30-34(3)59)19-38-23-42(55(8,9)10)26-45(51(38)66-31-35(4)60)58(46(52)27-43(24-39)56(11,12)13)29-40-25-44(57(14,15)16)28-47(58)53(40)68-33-49(62)64-18-2;1-40(2,3)29-15-24-13-26-17-30(41(4,5)6)20-33(37(26)46)44(23-28-19-32(43(10,11)12)22-35(44)39(28)48)34-21-31(42(7,8)9)18-27(38(34)47)14-25(16-29)36(24)45;1-2-7-4(6)3-5;;/h21-28H,17-20,29-33H2,1-16H3;15-22,45-48H,13-14,23H2,1-12H3;2-3H2,1H3;;/q;;;+1;-1. The molecule has 0 aromatic heterocycles.